The third kappa shape index (κ3) is 3.17. The summed E-state index contributed by atoms with van der Waals surface area (Å²) in [5, 5.41) is 17.9. The average Bonchev–Trinajstić information content (AvgIpc) is 2.22. The van der Waals surface area contributed by atoms with Gasteiger partial charge in [-0.25, -0.2) is 0 Å². The van der Waals surface area contributed by atoms with Crippen molar-refractivity contribution < 1.29 is 14.3 Å². The number of likely N-dealkylation sites (tertiary alicyclic amines) is 1. The number of amides is 1. The Hall–Kier alpha value is -1.15. The zero-order valence-corrected chi connectivity index (χ0v) is 8.53. The van der Waals surface area contributed by atoms with Crippen LogP contribution in [-0.4, -0.2) is 41.8 Å². The molecule has 15 heavy (non-hydrogen) atoms. The molecule has 0 radical (unpaired) electrons. The standard InChI is InChI=1S/C10H15FN2O2/c11-4-1-8-7-13(6-3-9(8)14)10(15)2-5-12/h8-9,14H,1-4,6-7H2. The normalized spacial score (nSPS) is 26.1. The van der Waals surface area contributed by atoms with Crippen LogP contribution in [0, 0.1) is 17.2 Å². The molecule has 84 valence electrons. The largest absolute Gasteiger partial charge is 0.393 e. The molecule has 5 heteroatoms. The van der Waals surface area contributed by atoms with E-state index in [0.29, 0.717) is 19.5 Å². The maximum Gasteiger partial charge on any atom is 0.236 e. The summed E-state index contributed by atoms with van der Waals surface area (Å²) < 4.78 is 12.2. The number of aliphatic hydroxyl groups excluding tert-OH is 1. The van der Waals surface area contributed by atoms with Gasteiger partial charge in [-0.3, -0.25) is 9.18 Å². The summed E-state index contributed by atoms with van der Waals surface area (Å²) in [6.07, 6.45) is 0.0875. The van der Waals surface area contributed by atoms with Crippen molar-refractivity contribution in [2.75, 3.05) is 19.8 Å². The van der Waals surface area contributed by atoms with E-state index in [9.17, 15) is 14.3 Å². The first kappa shape index (κ1) is 11.9. The first-order chi connectivity index (χ1) is 7.19. The summed E-state index contributed by atoms with van der Waals surface area (Å²) in [5.41, 5.74) is 0. The second-order valence-corrected chi connectivity index (χ2v) is 3.77. The smallest absolute Gasteiger partial charge is 0.236 e. The van der Waals surface area contributed by atoms with Gasteiger partial charge in [0.05, 0.1) is 18.8 Å². The molecule has 0 aromatic rings. The SMILES string of the molecule is N#CCC(=O)N1CCC(O)C(CCF)C1. The van der Waals surface area contributed by atoms with Crippen LogP contribution in [0.25, 0.3) is 0 Å². The number of rotatable bonds is 3. The molecule has 1 saturated heterocycles. The quantitative estimate of drug-likeness (QED) is 0.742. The summed E-state index contributed by atoms with van der Waals surface area (Å²) in [5.74, 6) is -0.417. The van der Waals surface area contributed by atoms with Gasteiger partial charge >= 0.3 is 0 Å². The van der Waals surface area contributed by atoms with Crippen LogP contribution in [-0.2, 0) is 4.79 Å². The van der Waals surface area contributed by atoms with Crippen molar-refractivity contribution in [3.05, 3.63) is 0 Å². The van der Waals surface area contributed by atoms with E-state index in [1.165, 1.54) is 4.90 Å². The molecular formula is C10H15FN2O2. The first-order valence-corrected chi connectivity index (χ1v) is 5.07. The van der Waals surface area contributed by atoms with E-state index in [0.717, 1.165) is 0 Å². The molecular weight excluding hydrogens is 199 g/mol. The lowest BCUT2D eigenvalue weighted by molar-refractivity contribution is -0.134. The van der Waals surface area contributed by atoms with E-state index < -0.39 is 12.8 Å². The number of alkyl halides is 1. The van der Waals surface area contributed by atoms with E-state index >= 15 is 0 Å². The van der Waals surface area contributed by atoms with Crippen LogP contribution in [0.1, 0.15) is 19.3 Å². The minimum absolute atomic E-state index is 0.140. The molecule has 4 nitrogen and oxygen atoms in total. The number of piperidine rings is 1. The summed E-state index contributed by atoms with van der Waals surface area (Å²) >= 11 is 0. The summed E-state index contributed by atoms with van der Waals surface area (Å²) in [6.45, 7) is 0.345. The first-order valence-electron chi connectivity index (χ1n) is 5.07. The fraction of sp³-hybridized carbons (Fsp3) is 0.800. The van der Waals surface area contributed by atoms with Crippen LogP contribution in [0.3, 0.4) is 0 Å². The monoisotopic (exact) mass is 214 g/mol. The Kier molecular flexibility index (Phi) is 4.50. The van der Waals surface area contributed by atoms with E-state index in [1.54, 1.807) is 6.07 Å². The fourth-order valence-electron chi connectivity index (χ4n) is 1.85. The van der Waals surface area contributed by atoms with Crippen LogP contribution < -0.4 is 0 Å². The predicted octanol–water partition coefficient (Wildman–Crippen LogP) is 0.469. The molecule has 1 amide bonds. The lowest BCUT2D eigenvalue weighted by atomic mass is 9.92. The molecule has 0 aromatic heterocycles. The van der Waals surface area contributed by atoms with Crippen LogP contribution >= 0.6 is 0 Å². The van der Waals surface area contributed by atoms with E-state index in [1.807, 2.05) is 0 Å². The Balaban J connectivity index is 2.50. The Morgan fingerprint density at radius 2 is 2.40 bits per heavy atom. The number of nitriles is 1. The molecule has 2 atom stereocenters. The molecule has 1 N–H and O–H groups in total. The van der Waals surface area contributed by atoms with Gasteiger partial charge in [-0.05, 0) is 12.8 Å². The highest BCUT2D eigenvalue weighted by Crippen LogP contribution is 2.20. The van der Waals surface area contributed by atoms with Gasteiger partial charge < -0.3 is 10.0 Å². The highest BCUT2D eigenvalue weighted by molar-refractivity contribution is 5.78. The number of carbonyl (C=O) groups excluding carboxylic acids is 1. The molecule has 0 saturated carbocycles. The lowest BCUT2D eigenvalue weighted by Crippen LogP contribution is -2.46. The van der Waals surface area contributed by atoms with Crippen LogP contribution in [0.2, 0.25) is 0 Å². The zero-order valence-electron chi connectivity index (χ0n) is 8.53. The van der Waals surface area contributed by atoms with E-state index in [2.05, 4.69) is 0 Å². The third-order valence-electron chi connectivity index (χ3n) is 2.76. The Labute approximate surface area is 88.3 Å². The average molecular weight is 214 g/mol. The van der Waals surface area contributed by atoms with Gasteiger partial charge in [-0.1, -0.05) is 0 Å². The fourth-order valence-corrected chi connectivity index (χ4v) is 1.85. The Bertz CT molecular complexity index is 265. The van der Waals surface area contributed by atoms with Crippen molar-refractivity contribution in [1.29, 1.82) is 5.26 Å². The minimum Gasteiger partial charge on any atom is -0.393 e. The van der Waals surface area contributed by atoms with Crippen molar-refractivity contribution >= 4 is 5.91 Å². The maximum atomic E-state index is 12.2. The highest BCUT2D eigenvalue weighted by atomic mass is 19.1. The van der Waals surface area contributed by atoms with Gasteiger partial charge in [-0.2, -0.15) is 5.26 Å². The van der Waals surface area contributed by atoms with E-state index in [4.69, 9.17) is 5.26 Å². The number of aliphatic hydroxyl groups is 1. The number of carbonyl (C=O) groups is 1. The lowest BCUT2D eigenvalue weighted by Gasteiger charge is -2.35. The molecule has 0 bridgehead atoms. The topological polar surface area (TPSA) is 64.3 Å². The molecule has 1 aliphatic rings. The second-order valence-electron chi connectivity index (χ2n) is 3.77. The van der Waals surface area contributed by atoms with Crippen molar-refractivity contribution in [2.24, 2.45) is 5.92 Å². The van der Waals surface area contributed by atoms with Crippen LogP contribution in [0.5, 0.6) is 0 Å². The summed E-state index contributed by atoms with van der Waals surface area (Å²) in [4.78, 5) is 12.9. The summed E-state index contributed by atoms with van der Waals surface area (Å²) in [7, 11) is 0. The second kappa shape index (κ2) is 5.66. The minimum atomic E-state index is -0.521. The third-order valence-corrected chi connectivity index (χ3v) is 2.76. The van der Waals surface area contributed by atoms with Gasteiger partial charge in [0, 0.05) is 19.0 Å². The molecule has 1 heterocycles. The zero-order chi connectivity index (χ0) is 11.3. The van der Waals surface area contributed by atoms with Crippen LogP contribution in [0.4, 0.5) is 4.39 Å². The van der Waals surface area contributed by atoms with Crippen molar-refractivity contribution in [1.82, 2.24) is 4.90 Å². The molecule has 2 unspecified atom stereocenters. The highest BCUT2D eigenvalue weighted by Gasteiger charge is 2.29. The van der Waals surface area contributed by atoms with Gasteiger partial charge in [0.1, 0.15) is 6.42 Å². The number of nitrogens with zero attached hydrogens (tertiary/aromatic N) is 2. The van der Waals surface area contributed by atoms with Gasteiger partial charge in [0.25, 0.3) is 0 Å². The Morgan fingerprint density at radius 1 is 1.67 bits per heavy atom. The van der Waals surface area contributed by atoms with Crippen LogP contribution in [0.15, 0.2) is 0 Å². The number of halogens is 1. The van der Waals surface area contributed by atoms with Crippen molar-refractivity contribution in [2.45, 2.75) is 25.4 Å². The van der Waals surface area contributed by atoms with Gasteiger partial charge in [-0.15, -0.1) is 0 Å². The molecule has 0 spiro atoms. The predicted molar refractivity (Wildman–Crippen MR) is 51.5 cm³/mol. The molecule has 1 fully saturated rings. The number of hydrogen-bond donors (Lipinski definition) is 1. The maximum absolute atomic E-state index is 12.2. The molecule has 0 aromatic carbocycles. The molecule has 1 aliphatic heterocycles. The number of hydrogen-bond acceptors (Lipinski definition) is 3. The van der Waals surface area contributed by atoms with Crippen molar-refractivity contribution in [3.8, 4) is 6.07 Å². The van der Waals surface area contributed by atoms with E-state index in [-0.39, 0.29) is 24.7 Å². The Morgan fingerprint density at radius 3 is 3.00 bits per heavy atom. The van der Waals surface area contributed by atoms with Gasteiger partial charge in [0.15, 0.2) is 0 Å². The van der Waals surface area contributed by atoms with Crippen molar-refractivity contribution in [3.63, 3.8) is 0 Å². The molecule has 0 aliphatic carbocycles. The summed E-state index contributed by atoms with van der Waals surface area (Å²) in [6, 6.07) is 1.80. The van der Waals surface area contributed by atoms with Gasteiger partial charge in [0.2, 0.25) is 5.91 Å². The molecule has 1 rings (SSSR count).